The van der Waals surface area contributed by atoms with E-state index in [-0.39, 0.29) is 11.7 Å². The molecule has 0 radical (unpaired) electrons. The topological polar surface area (TPSA) is 71.5 Å². The molecule has 3 rings (SSSR count). The normalized spacial score (nSPS) is 10.5. The van der Waals surface area contributed by atoms with Gasteiger partial charge in [-0.3, -0.25) is 4.79 Å². The second-order valence-electron chi connectivity index (χ2n) is 5.47. The van der Waals surface area contributed by atoms with Crippen molar-refractivity contribution in [1.29, 1.82) is 0 Å². The van der Waals surface area contributed by atoms with Crippen LogP contribution < -0.4 is 10.1 Å². The highest BCUT2D eigenvalue weighted by molar-refractivity contribution is 7.14. The first-order valence-electron chi connectivity index (χ1n) is 7.75. The van der Waals surface area contributed by atoms with E-state index in [1.54, 1.807) is 18.2 Å². The minimum absolute atomic E-state index is 0.0713. The van der Waals surface area contributed by atoms with E-state index in [0.29, 0.717) is 22.9 Å². The third kappa shape index (κ3) is 3.80. The van der Waals surface area contributed by atoms with Gasteiger partial charge in [0.25, 0.3) is 5.91 Å². The van der Waals surface area contributed by atoms with Crippen LogP contribution in [0.25, 0.3) is 11.3 Å². The van der Waals surface area contributed by atoms with E-state index < -0.39 is 0 Å². The fourth-order valence-corrected chi connectivity index (χ4v) is 3.32. The summed E-state index contributed by atoms with van der Waals surface area (Å²) in [7, 11) is 1.49. The zero-order valence-electron chi connectivity index (χ0n) is 13.9. The summed E-state index contributed by atoms with van der Waals surface area (Å²) in [6.07, 6.45) is 0. The highest BCUT2D eigenvalue weighted by atomic mass is 32.1. The minimum Gasteiger partial charge on any atom is -0.504 e. The average Bonchev–Trinajstić information content (AvgIpc) is 3.03. The van der Waals surface area contributed by atoms with Gasteiger partial charge < -0.3 is 15.2 Å². The monoisotopic (exact) mass is 354 g/mol. The van der Waals surface area contributed by atoms with Crippen molar-refractivity contribution in [3.8, 4) is 22.8 Å². The number of phenols is 1. The van der Waals surface area contributed by atoms with E-state index in [1.165, 1.54) is 18.4 Å². The number of aromatic nitrogens is 1. The fraction of sp³-hybridized carbons (Fsp3) is 0.158. The van der Waals surface area contributed by atoms with Crippen LogP contribution in [0.3, 0.4) is 0 Å². The maximum Gasteiger partial charge on any atom is 0.263 e. The standard InChI is InChI=1S/C19H18N2O3S/c1-12-21-17(14-6-4-3-5-7-14)18(25-12)19(23)20-11-13-8-9-15(22)16(10-13)24-2/h3-10,22H,11H2,1-2H3,(H,20,23). The Kier molecular flexibility index (Phi) is 5.00. The Morgan fingerprint density at radius 1 is 1.24 bits per heavy atom. The van der Waals surface area contributed by atoms with Crippen molar-refractivity contribution in [3.63, 3.8) is 0 Å². The number of amides is 1. The number of aryl methyl sites for hydroxylation is 1. The van der Waals surface area contributed by atoms with Gasteiger partial charge in [-0.1, -0.05) is 36.4 Å². The molecule has 3 aromatic rings. The van der Waals surface area contributed by atoms with Crippen molar-refractivity contribution in [1.82, 2.24) is 10.3 Å². The van der Waals surface area contributed by atoms with E-state index in [0.717, 1.165) is 16.1 Å². The number of rotatable bonds is 5. The summed E-state index contributed by atoms with van der Waals surface area (Å²) in [6, 6.07) is 14.7. The predicted molar refractivity (Wildman–Crippen MR) is 98.1 cm³/mol. The number of aromatic hydroxyl groups is 1. The van der Waals surface area contributed by atoms with Crippen molar-refractivity contribution in [2.75, 3.05) is 7.11 Å². The van der Waals surface area contributed by atoms with Crippen molar-refractivity contribution >= 4 is 17.2 Å². The van der Waals surface area contributed by atoms with E-state index in [9.17, 15) is 9.90 Å². The molecule has 6 heteroatoms. The molecule has 2 aromatic carbocycles. The second kappa shape index (κ2) is 7.36. The lowest BCUT2D eigenvalue weighted by molar-refractivity contribution is 0.0955. The number of phenolic OH excluding ortho intramolecular Hbond substituents is 1. The van der Waals surface area contributed by atoms with Gasteiger partial charge in [0, 0.05) is 12.1 Å². The molecule has 1 amide bonds. The lowest BCUT2D eigenvalue weighted by Crippen LogP contribution is -2.22. The van der Waals surface area contributed by atoms with Crippen LogP contribution in [0, 0.1) is 6.92 Å². The minimum atomic E-state index is -0.170. The lowest BCUT2D eigenvalue weighted by Gasteiger charge is -2.08. The van der Waals surface area contributed by atoms with E-state index in [1.807, 2.05) is 37.3 Å². The Bertz CT molecular complexity index is 891. The number of nitrogens with one attached hydrogen (secondary N) is 1. The van der Waals surface area contributed by atoms with Crippen molar-refractivity contribution in [3.05, 3.63) is 64.0 Å². The summed E-state index contributed by atoms with van der Waals surface area (Å²) >= 11 is 1.37. The van der Waals surface area contributed by atoms with Gasteiger partial charge >= 0.3 is 0 Å². The van der Waals surface area contributed by atoms with Crippen LogP contribution in [0.5, 0.6) is 11.5 Å². The molecule has 0 fully saturated rings. The first kappa shape index (κ1) is 17.0. The van der Waals surface area contributed by atoms with Crippen LogP contribution in [0.2, 0.25) is 0 Å². The third-order valence-corrected chi connectivity index (χ3v) is 4.65. The number of carbonyl (C=O) groups excluding carboxylic acids is 1. The van der Waals surface area contributed by atoms with Crippen molar-refractivity contribution < 1.29 is 14.6 Å². The van der Waals surface area contributed by atoms with Gasteiger partial charge in [0.15, 0.2) is 11.5 Å². The number of benzene rings is 2. The second-order valence-corrected chi connectivity index (χ2v) is 6.67. The number of methoxy groups -OCH3 is 1. The van der Waals surface area contributed by atoms with Gasteiger partial charge in [-0.2, -0.15) is 0 Å². The molecule has 0 aliphatic carbocycles. The summed E-state index contributed by atoms with van der Waals surface area (Å²) in [6.45, 7) is 2.22. The molecule has 128 valence electrons. The zero-order valence-corrected chi connectivity index (χ0v) is 14.8. The van der Waals surface area contributed by atoms with Gasteiger partial charge in [-0.25, -0.2) is 4.98 Å². The molecular weight excluding hydrogens is 336 g/mol. The molecule has 0 saturated heterocycles. The van der Waals surface area contributed by atoms with Crippen LogP contribution in [-0.4, -0.2) is 23.1 Å². The van der Waals surface area contributed by atoms with E-state index in [2.05, 4.69) is 10.3 Å². The Labute approximate surface area is 149 Å². The molecule has 0 unspecified atom stereocenters. The van der Waals surface area contributed by atoms with Crippen LogP contribution in [0.4, 0.5) is 0 Å². The lowest BCUT2D eigenvalue weighted by atomic mass is 10.1. The fourth-order valence-electron chi connectivity index (χ4n) is 2.47. The van der Waals surface area contributed by atoms with E-state index >= 15 is 0 Å². The molecule has 0 bridgehead atoms. The number of nitrogens with zero attached hydrogens (tertiary/aromatic N) is 1. The number of thiazole rings is 1. The summed E-state index contributed by atoms with van der Waals surface area (Å²) in [4.78, 5) is 17.7. The van der Waals surface area contributed by atoms with Gasteiger partial charge in [-0.05, 0) is 24.6 Å². The molecular formula is C19H18N2O3S. The summed E-state index contributed by atoms with van der Waals surface area (Å²) in [5.74, 6) is 0.281. The van der Waals surface area contributed by atoms with Crippen LogP contribution in [-0.2, 0) is 6.54 Å². The molecule has 0 aliphatic heterocycles. The number of hydrogen-bond acceptors (Lipinski definition) is 5. The maximum absolute atomic E-state index is 12.6. The number of carbonyl (C=O) groups is 1. The quantitative estimate of drug-likeness (QED) is 0.732. The Balaban J connectivity index is 1.78. The third-order valence-electron chi connectivity index (χ3n) is 3.68. The summed E-state index contributed by atoms with van der Waals surface area (Å²) < 4.78 is 5.09. The predicted octanol–water partition coefficient (Wildman–Crippen LogP) is 3.76. The first-order valence-corrected chi connectivity index (χ1v) is 8.57. The van der Waals surface area contributed by atoms with Gasteiger partial charge in [0.05, 0.1) is 17.8 Å². The molecule has 1 heterocycles. The van der Waals surface area contributed by atoms with Crippen molar-refractivity contribution in [2.45, 2.75) is 13.5 Å². The average molecular weight is 354 g/mol. The SMILES string of the molecule is COc1cc(CNC(=O)c2sc(C)nc2-c2ccccc2)ccc1O. The Morgan fingerprint density at radius 3 is 2.72 bits per heavy atom. The van der Waals surface area contributed by atoms with Gasteiger partial charge in [0.1, 0.15) is 4.88 Å². The first-order chi connectivity index (χ1) is 12.1. The molecule has 25 heavy (non-hydrogen) atoms. The molecule has 0 atom stereocenters. The zero-order chi connectivity index (χ0) is 17.8. The molecule has 0 saturated carbocycles. The maximum atomic E-state index is 12.6. The van der Waals surface area contributed by atoms with Crippen LogP contribution in [0.1, 0.15) is 20.2 Å². The van der Waals surface area contributed by atoms with Crippen LogP contribution >= 0.6 is 11.3 Å². The molecule has 0 aliphatic rings. The molecule has 2 N–H and O–H groups in total. The molecule has 1 aromatic heterocycles. The van der Waals surface area contributed by atoms with Gasteiger partial charge in [-0.15, -0.1) is 11.3 Å². The summed E-state index contributed by atoms with van der Waals surface area (Å²) in [5, 5.41) is 13.4. The Morgan fingerprint density at radius 2 is 2.00 bits per heavy atom. The van der Waals surface area contributed by atoms with Crippen LogP contribution in [0.15, 0.2) is 48.5 Å². The van der Waals surface area contributed by atoms with Gasteiger partial charge in [0.2, 0.25) is 0 Å². The highest BCUT2D eigenvalue weighted by Gasteiger charge is 2.18. The number of hydrogen-bond donors (Lipinski definition) is 2. The Hall–Kier alpha value is -2.86. The van der Waals surface area contributed by atoms with Crippen molar-refractivity contribution in [2.24, 2.45) is 0 Å². The highest BCUT2D eigenvalue weighted by Crippen LogP contribution is 2.28. The number of ether oxygens (including phenoxy) is 1. The summed E-state index contributed by atoms with van der Waals surface area (Å²) in [5.41, 5.74) is 2.46. The van der Waals surface area contributed by atoms with E-state index in [4.69, 9.17) is 4.74 Å². The molecule has 0 spiro atoms. The molecule has 5 nitrogen and oxygen atoms in total. The smallest absolute Gasteiger partial charge is 0.263 e. The largest absolute Gasteiger partial charge is 0.504 e.